The lowest BCUT2D eigenvalue weighted by molar-refractivity contribution is 0.669. The van der Waals surface area contributed by atoms with Gasteiger partial charge in [-0.2, -0.15) is 0 Å². The quantitative estimate of drug-likeness (QED) is 0.177. The van der Waals surface area contributed by atoms with Crippen molar-refractivity contribution in [2.24, 2.45) is 0 Å². The largest absolute Gasteiger partial charge is 0.456 e. The first-order valence-electron chi connectivity index (χ1n) is 19.7. The predicted octanol–water partition coefficient (Wildman–Crippen LogP) is 14.4. The summed E-state index contributed by atoms with van der Waals surface area (Å²) in [4.78, 5) is 10.7. The standard InChI is InChI=1S/C54H33N3O/c1-2-14-34(15-3-1)39-23-11-16-35-17-12-24-40(51(35)39)36-18-10-19-38(32-36)53-43-21-4-7-26-46(43)55-54(56-53)57-47-27-8-5-20-42(47)45-33-37(30-31-48(45)57)41-25-13-29-50-52(41)44-22-6-9-28-49(44)58-50/h1-33H. The monoisotopic (exact) mass is 739 g/mol. The van der Waals surface area contributed by atoms with Crippen molar-refractivity contribution in [1.29, 1.82) is 0 Å². The van der Waals surface area contributed by atoms with E-state index in [0.29, 0.717) is 5.95 Å². The number of benzene rings is 9. The molecule has 12 rings (SSSR count). The van der Waals surface area contributed by atoms with Crippen LogP contribution in [0.3, 0.4) is 0 Å². The first kappa shape index (κ1) is 32.4. The molecule has 0 amide bonds. The van der Waals surface area contributed by atoms with Crippen molar-refractivity contribution in [2.45, 2.75) is 0 Å². The van der Waals surface area contributed by atoms with Gasteiger partial charge in [-0.1, -0.05) is 158 Å². The maximum absolute atomic E-state index is 6.27. The Morgan fingerprint density at radius 1 is 0.362 bits per heavy atom. The highest BCUT2D eigenvalue weighted by Crippen LogP contribution is 2.41. The van der Waals surface area contributed by atoms with Crippen LogP contribution in [0.4, 0.5) is 0 Å². The lowest BCUT2D eigenvalue weighted by Gasteiger charge is -2.15. The van der Waals surface area contributed by atoms with Crippen molar-refractivity contribution in [3.63, 3.8) is 0 Å². The van der Waals surface area contributed by atoms with Gasteiger partial charge in [0.25, 0.3) is 0 Å². The number of aromatic nitrogens is 3. The van der Waals surface area contributed by atoms with Crippen LogP contribution in [0.2, 0.25) is 0 Å². The Balaban J connectivity index is 1.05. The lowest BCUT2D eigenvalue weighted by atomic mass is 9.90. The Hall–Kier alpha value is -7.82. The molecule has 0 unspecified atom stereocenters. The maximum Gasteiger partial charge on any atom is 0.235 e. The van der Waals surface area contributed by atoms with Crippen LogP contribution in [0, 0.1) is 0 Å². The zero-order valence-electron chi connectivity index (χ0n) is 31.3. The molecular weight excluding hydrogens is 707 g/mol. The third kappa shape index (κ3) is 5.02. The number of furan rings is 1. The number of rotatable bonds is 5. The van der Waals surface area contributed by atoms with Gasteiger partial charge in [0.2, 0.25) is 5.95 Å². The second-order valence-corrected chi connectivity index (χ2v) is 14.9. The highest BCUT2D eigenvalue weighted by molar-refractivity contribution is 6.15. The van der Waals surface area contributed by atoms with E-state index in [4.69, 9.17) is 14.4 Å². The van der Waals surface area contributed by atoms with E-state index >= 15 is 0 Å². The topological polar surface area (TPSA) is 43.9 Å². The van der Waals surface area contributed by atoms with Gasteiger partial charge in [-0.25, -0.2) is 9.97 Å². The minimum absolute atomic E-state index is 0.637. The van der Waals surface area contributed by atoms with Crippen LogP contribution in [-0.4, -0.2) is 14.5 Å². The van der Waals surface area contributed by atoms with E-state index in [2.05, 4.69) is 193 Å². The van der Waals surface area contributed by atoms with E-state index in [0.717, 1.165) is 82.6 Å². The molecule has 0 bridgehead atoms. The van der Waals surface area contributed by atoms with Crippen molar-refractivity contribution in [3.05, 3.63) is 200 Å². The maximum atomic E-state index is 6.27. The van der Waals surface area contributed by atoms with E-state index in [9.17, 15) is 0 Å². The van der Waals surface area contributed by atoms with Gasteiger partial charge in [0.1, 0.15) is 11.2 Å². The van der Waals surface area contributed by atoms with Crippen LogP contribution < -0.4 is 0 Å². The molecule has 4 heteroatoms. The summed E-state index contributed by atoms with van der Waals surface area (Å²) < 4.78 is 8.49. The third-order valence-corrected chi connectivity index (χ3v) is 11.6. The smallest absolute Gasteiger partial charge is 0.235 e. The highest BCUT2D eigenvalue weighted by atomic mass is 16.3. The molecule has 0 aliphatic carbocycles. The summed E-state index contributed by atoms with van der Waals surface area (Å²) in [7, 11) is 0. The lowest BCUT2D eigenvalue weighted by Crippen LogP contribution is -2.03. The third-order valence-electron chi connectivity index (χ3n) is 11.6. The number of fused-ring (bicyclic) bond motifs is 8. The van der Waals surface area contributed by atoms with E-state index in [1.807, 2.05) is 12.1 Å². The SMILES string of the molecule is c1ccc(-c2cccc3cccc(-c4cccc(-c5nc(-n6c7ccccc7c7cc(-c8cccc9oc%10ccccc%10c89)ccc76)nc6ccccc56)c4)c23)cc1. The Bertz CT molecular complexity index is 3570. The number of nitrogens with zero attached hydrogens (tertiary/aromatic N) is 3. The van der Waals surface area contributed by atoms with Gasteiger partial charge in [-0.3, -0.25) is 4.57 Å². The summed E-state index contributed by atoms with van der Waals surface area (Å²) in [5, 5.41) is 8.00. The van der Waals surface area contributed by atoms with Gasteiger partial charge < -0.3 is 4.42 Å². The summed E-state index contributed by atoms with van der Waals surface area (Å²) in [5.41, 5.74) is 13.7. The summed E-state index contributed by atoms with van der Waals surface area (Å²) in [5.74, 6) is 0.637. The summed E-state index contributed by atoms with van der Waals surface area (Å²) in [6, 6.07) is 70.9. The van der Waals surface area contributed by atoms with Crippen molar-refractivity contribution in [2.75, 3.05) is 0 Å². The zero-order chi connectivity index (χ0) is 38.2. The average molecular weight is 740 g/mol. The second-order valence-electron chi connectivity index (χ2n) is 14.9. The Morgan fingerprint density at radius 3 is 1.83 bits per heavy atom. The minimum atomic E-state index is 0.637. The molecule has 9 aromatic carbocycles. The summed E-state index contributed by atoms with van der Waals surface area (Å²) in [6.45, 7) is 0. The number of hydrogen-bond acceptors (Lipinski definition) is 3. The molecule has 4 nitrogen and oxygen atoms in total. The van der Waals surface area contributed by atoms with E-state index < -0.39 is 0 Å². The number of hydrogen-bond donors (Lipinski definition) is 0. The molecule has 0 aliphatic heterocycles. The van der Waals surface area contributed by atoms with Crippen LogP contribution in [0.15, 0.2) is 205 Å². The van der Waals surface area contributed by atoms with Crippen LogP contribution in [0.5, 0.6) is 0 Å². The molecule has 0 saturated carbocycles. The first-order chi connectivity index (χ1) is 28.8. The minimum Gasteiger partial charge on any atom is -0.456 e. The van der Waals surface area contributed by atoms with E-state index in [1.54, 1.807) is 0 Å². The van der Waals surface area contributed by atoms with Gasteiger partial charge in [0, 0.05) is 32.5 Å². The Kier molecular flexibility index (Phi) is 7.20. The molecule has 12 aromatic rings. The molecule has 0 atom stereocenters. The molecule has 270 valence electrons. The van der Waals surface area contributed by atoms with Gasteiger partial charge in [0.05, 0.1) is 22.2 Å². The van der Waals surface area contributed by atoms with E-state index in [-0.39, 0.29) is 0 Å². The van der Waals surface area contributed by atoms with Gasteiger partial charge in [-0.05, 0) is 86.6 Å². The van der Waals surface area contributed by atoms with Crippen molar-refractivity contribution >= 4 is 65.4 Å². The Morgan fingerprint density at radius 2 is 0.966 bits per heavy atom. The van der Waals surface area contributed by atoms with E-state index in [1.165, 1.54) is 27.5 Å². The normalized spacial score (nSPS) is 11.8. The molecule has 0 saturated heterocycles. The average Bonchev–Trinajstić information content (AvgIpc) is 3.84. The summed E-state index contributed by atoms with van der Waals surface area (Å²) >= 11 is 0. The fourth-order valence-electron chi connectivity index (χ4n) is 9.03. The van der Waals surface area contributed by atoms with Gasteiger partial charge in [0.15, 0.2) is 0 Å². The van der Waals surface area contributed by atoms with Crippen molar-refractivity contribution in [3.8, 4) is 50.6 Å². The van der Waals surface area contributed by atoms with Crippen LogP contribution in [0.25, 0.3) is 116 Å². The van der Waals surface area contributed by atoms with Crippen molar-refractivity contribution < 1.29 is 4.42 Å². The molecule has 0 radical (unpaired) electrons. The molecule has 0 aliphatic rings. The molecule has 0 N–H and O–H groups in total. The van der Waals surface area contributed by atoms with Crippen molar-refractivity contribution in [1.82, 2.24) is 14.5 Å². The van der Waals surface area contributed by atoms with Gasteiger partial charge >= 0.3 is 0 Å². The molecular formula is C54H33N3O. The number of para-hydroxylation sites is 3. The fraction of sp³-hybridized carbons (Fsp3) is 0. The van der Waals surface area contributed by atoms with Crippen LogP contribution >= 0.6 is 0 Å². The molecule has 0 spiro atoms. The second kappa shape index (κ2) is 12.9. The highest BCUT2D eigenvalue weighted by Gasteiger charge is 2.20. The molecule has 3 aromatic heterocycles. The predicted molar refractivity (Wildman–Crippen MR) is 240 cm³/mol. The zero-order valence-corrected chi connectivity index (χ0v) is 31.3. The van der Waals surface area contributed by atoms with Gasteiger partial charge in [-0.15, -0.1) is 0 Å². The van der Waals surface area contributed by atoms with Crippen LogP contribution in [-0.2, 0) is 0 Å². The first-order valence-corrected chi connectivity index (χ1v) is 19.7. The molecule has 3 heterocycles. The molecule has 0 fully saturated rings. The summed E-state index contributed by atoms with van der Waals surface area (Å²) in [6.07, 6.45) is 0. The Labute approximate surface area is 333 Å². The fourth-order valence-corrected chi connectivity index (χ4v) is 9.03. The van der Waals surface area contributed by atoms with Crippen LogP contribution in [0.1, 0.15) is 0 Å². The molecule has 58 heavy (non-hydrogen) atoms.